The van der Waals surface area contributed by atoms with Crippen molar-refractivity contribution >= 4 is 28.0 Å². The average molecular weight is 537 g/mol. The Kier molecular flexibility index (Phi) is 9.20. The van der Waals surface area contributed by atoms with E-state index in [1.54, 1.807) is 32.6 Å². The van der Waals surface area contributed by atoms with Gasteiger partial charge in [-0.2, -0.15) is 0 Å². The van der Waals surface area contributed by atoms with Crippen molar-refractivity contribution < 1.29 is 23.5 Å². The van der Waals surface area contributed by atoms with Gasteiger partial charge in [0.05, 0.1) is 6.04 Å². The summed E-state index contributed by atoms with van der Waals surface area (Å²) in [6.45, 7) is 14.0. The highest BCUT2D eigenvalue weighted by atomic mass is 28.2. The molecule has 2 aromatic rings. The number of hydrogen-bond acceptors (Lipinski definition) is 5. The molecule has 2 amide bonds. The SMILES string of the molecule is C[C@H]1C(=O)N([C@@H](CC=O)C(O[Si]C(C)(C)C)(c2ccccc2)c2ccccc2)CCN1C(=O)OC(C)(C)C. The summed E-state index contributed by atoms with van der Waals surface area (Å²) in [5.74, 6) is -0.243. The fourth-order valence-corrected chi connectivity index (χ4v) is 5.56. The van der Waals surface area contributed by atoms with Crippen molar-refractivity contribution in [3.8, 4) is 0 Å². The lowest BCUT2D eigenvalue weighted by Crippen LogP contribution is -2.65. The number of hydrogen-bond donors (Lipinski definition) is 0. The Balaban J connectivity index is 2.13. The molecule has 1 aliphatic rings. The maximum Gasteiger partial charge on any atom is 0.411 e. The predicted molar refractivity (Wildman–Crippen MR) is 149 cm³/mol. The number of nitrogens with zero attached hydrogens (tertiary/aromatic N) is 2. The number of carbonyl (C=O) groups is 3. The fourth-order valence-electron chi connectivity index (χ4n) is 4.72. The normalized spacial score (nSPS) is 17.8. The maximum atomic E-state index is 13.9. The molecule has 204 valence electrons. The van der Waals surface area contributed by atoms with Crippen LogP contribution in [0.1, 0.15) is 66.0 Å². The number of rotatable bonds is 8. The van der Waals surface area contributed by atoms with Gasteiger partial charge in [-0.25, -0.2) is 4.79 Å². The van der Waals surface area contributed by atoms with Crippen molar-refractivity contribution in [2.75, 3.05) is 13.1 Å². The zero-order valence-corrected chi connectivity index (χ0v) is 24.6. The summed E-state index contributed by atoms with van der Waals surface area (Å²) < 4.78 is 12.5. The average Bonchev–Trinajstić information content (AvgIpc) is 2.85. The molecular formula is C30H40N2O5Si. The lowest BCUT2D eigenvalue weighted by molar-refractivity contribution is -0.149. The number of benzene rings is 2. The van der Waals surface area contributed by atoms with E-state index in [9.17, 15) is 14.4 Å². The van der Waals surface area contributed by atoms with Gasteiger partial charge in [-0.1, -0.05) is 81.4 Å². The minimum absolute atomic E-state index is 0.0727. The summed E-state index contributed by atoms with van der Waals surface area (Å²) >= 11 is 0. The van der Waals surface area contributed by atoms with E-state index in [4.69, 9.17) is 9.16 Å². The Morgan fingerprint density at radius 2 is 1.50 bits per heavy atom. The summed E-state index contributed by atoms with van der Waals surface area (Å²) in [6.07, 6.45) is 0.406. The quantitative estimate of drug-likeness (QED) is 0.342. The third kappa shape index (κ3) is 6.72. The number of amides is 2. The molecule has 2 atom stereocenters. The van der Waals surface area contributed by atoms with E-state index in [2.05, 4.69) is 20.8 Å². The third-order valence-corrected chi connectivity index (χ3v) is 7.44. The second-order valence-corrected chi connectivity index (χ2v) is 13.6. The molecule has 1 fully saturated rings. The van der Waals surface area contributed by atoms with Gasteiger partial charge in [0.25, 0.3) is 0 Å². The maximum absolute atomic E-state index is 13.9. The van der Waals surface area contributed by atoms with E-state index in [0.29, 0.717) is 6.54 Å². The highest BCUT2D eigenvalue weighted by molar-refractivity contribution is 6.32. The van der Waals surface area contributed by atoms with Crippen LogP contribution < -0.4 is 0 Å². The van der Waals surface area contributed by atoms with Gasteiger partial charge >= 0.3 is 6.09 Å². The number of aldehydes is 1. The van der Waals surface area contributed by atoms with E-state index in [1.807, 2.05) is 60.7 Å². The lowest BCUT2D eigenvalue weighted by Gasteiger charge is -2.50. The van der Waals surface area contributed by atoms with Crippen molar-refractivity contribution in [3.63, 3.8) is 0 Å². The van der Waals surface area contributed by atoms with Gasteiger partial charge in [0.1, 0.15) is 23.5 Å². The Labute approximate surface area is 229 Å². The molecule has 7 nitrogen and oxygen atoms in total. The van der Waals surface area contributed by atoms with E-state index in [1.165, 1.54) is 4.90 Å². The van der Waals surface area contributed by atoms with Crippen LogP contribution in [0.25, 0.3) is 0 Å². The van der Waals surface area contributed by atoms with Crippen molar-refractivity contribution in [2.45, 2.75) is 83.2 Å². The monoisotopic (exact) mass is 536 g/mol. The summed E-state index contributed by atoms with van der Waals surface area (Å²) in [5, 5.41) is -0.146. The molecule has 0 aromatic heterocycles. The van der Waals surface area contributed by atoms with Crippen LogP contribution in [-0.2, 0) is 24.4 Å². The van der Waals surface area contributed by atoms with Crippen LogP contribution in [0.4, 0.5) is 4.79 Å². The minimum Gasteiger partial charge on any atom is -0.444 e. The first-order chi connectivity index (χ1) is 17.8. The Morgan fingerprint density at radius 1 is 0.974 bits per heavy atom. The molecular weight excluding hydrogens is 496 g/mol. The first-order valence-corrected chi connectivity index (χ1v) is 14.0. The van der Waals surface area contributed by atoms with Gasteiger partial charge < -0.3 is 18.9 Å². The van der Waals surface area contributed by atoms with Crippen LogP contribution in [0.15, 0.2) is 60.7 Å². The van der Waals surface area contributed by atoms with Gasteiger partial charge in [0.15, 0.2) is 0 Å². The van der Waals surface area contributed by atoms with Crippen LogP contribution in [0, 0.1) is 0 Å². The number of ether oxygens (including phenoxy) is 1. The molecule has 0 unspecified atom stereocenters. The zero-order valence-electron chi connectivity index (χ0n) is 23.6. The molecule has 8 heteroatoms. The van der Waals surface area contributed by atoms with Crippen LogP contribution >= 0.6 is 0 Å². The Morgan fingerprint density at radius 3 is 1.95 bits per heavy atom. The summed E-state index contributed by atoms with van der Waals surface area (Å²) in [6, 6.07) is 18.2. The van der Waals surface area contributed by atoms with E-state index in [0.717, 1.165) is 17.4 Å². The molecule has 0 N–H and O–H groups in total. The minimum atomic E-state index is -1.10. The van der Waals surface area contributed by atoms with Crippen molar-refractivity contribution in [1.82, 2.24) is 9.80 Å². The molecule has 1 heterocycles. The lowest BCUT2D eigenvalue weighted by atomic mass is 9.77. The van der Waals surface area contributed by atoms with Crippen molar-refractivity contribution in [1.29, 1.82) is 0 Å². The standard InChI is InChI=1S/C30H40N2O5Si/c1-22-26(34)32(20-19-31(22)27(35)36-28(2,3)4)25(18-21-33)30(37-38-29(5,6)7,23-14-10-8-11-15-23)24-16-12-9-13-17-24/h8-17,21-22,25H,18-20H2,1-7H3/t22-,25-/m0/s1. The van der Waals surface area contributed by atoms with Gasteiger partial charge in [0, 0.05) is 19.5 Å². The second-order valence-electron chi connectivity index (χ2n) is 11.7. The Hall–Kier alpha value is -2.97. The molecule has 2 aromatic carbocycles. The predicted octanol–water partition coefficient (Wildman–Crippen LogP) is 5.21. The molecule has 1 saturated heterocycles. The molecule has 3 rings (SSSR count). The molecule has 38 heavy (non-hydrogen) atoms. The molecule has 0 saturated carbocycles. The van der Waals surface area contributed by atoms with E-state index >= 15 is 0 Å². The van der Waals surface area contributed by atoms with Gasteiger partial charge in [-0.15, -0.1) is 0 Å². The van der Waals surface area contributed by atoms with E-state index in [-0.39, 0.29) is 33.7 Å². The molecule has 0 spiro atoms. The topological polar surface area (TPSA) is 76.2 Å². The summed E-state index contributed by atoms with van der Waals surface area (Å²) in [4.78, 5) is 42.2. The van der Waals surface area contributed by atoms with Crippen LogP contribution in [0.2, 0.25) is 5.04 Å². The highest BCUT2D eigenvalue weighted by Gasteiger charge is 2.50. The number of piperazine rings is 1. The first kappa shape index (κ1) is 29.6. The summed E-state index contributed by atoms with van der Waals surface area (Å²) in [5.41, 5.74) is -0.0395. The molecule has 2 radical (unpaired) electrons. The fraction of sp³-hybridized carbons (Fsp3) is 0.500. The molecule has 0 bridgehead atoms. The second kappa shape index (κ2) is 11.8. The smallest absolute Gasteiger partial charge is 0.411 e. The van der Waals surface area contributed by atoms with Gasteiger partial charge in [-0.05, 0) is 43.9 Å². The third-order valence-electron chi connectivity index (χ3n) is 6.41. The van der Waals surface area contributed by atoms with Gasteiger partial charge in [-0.3, -0.25) is 9.69 Å². The van der Waals surface area contributed by atoms with Gasteiger partial charge in [0.2, 0.25) is 15.7 Å². The van der Waals surface area contributed by atoms with Crippen LogP contribution in [0.5, 0.6) is 0 Å². The zero-order chi connectivity index (χ0) is 28.1. The largest absolute Gasteiger partial charge is 0.444 e. The van der Waals surface area contributed by atoms with Crippen molar-refractivity contribution in [3.05, 3.63) is 71.8 Å². The molecule has 1 aliphatic heterocycles. The first-order valence-electron chi connectivity index (χ1n) is 13.1. The van der Waals surface area contributed by atoms with Crippen molar-refractivity contribution in [2.24, 2.45) is 0 Å². The van der Waals surface area contributed by atoms with Crippen LogP contribution in [-0.4, -0.2) is 68.6 Å². The Bertz CT molecular complexity index is 1060. The summed E-state index contributed by atoms with van der Waals surface area (Å²) in [7, 11) is 0.0875. The van der Waals surface area contributed by atoms with E-state index < -0.39 is 29.4 Å². The highest BCUT2D eigenvalue weighted by Crippen LogP contribution is 2.43. The number of carbonyl (C=O) groups excluding carboxylic acids is 3. The molecule has 0 aliphatic carbocycles. The van der Waals surface area contributed by atoms with Crippen LogP contribution in [0.3, 0.4) is 0 Å².